The Balaban J connectivity index is 1.88. The summed E-state index contributed by atoms with van der Waals surface area (Å²) in [6, 6.07) is 18.3. The molecule has 3 rings (SSSR count). The van der Waals surface area contributed by atoms with E-state index in [1.54, 1.807) is 0 Å². The van der Waals surface area contributed by atoms with E-state index in [4.69, 9.17) is 9.47 Å². The molecule has 1 heterocycles. The van der Waals surface area contributed by atoms with E-state index >= 15 is 0 Å². The highest BCUT2D eigenvalue weighted by atomic mass is 16.5. The number of rotatable bonds is 6. The van der Waals surface area contributed by atoms with Crippen molar-refractivity contribution >= 4 is 11.9 Å². The summed E-state index contributed by atoms with van der Waals surface area (Å²) in [5.74, 6) is -2.04. The predicted octanol–water partition coefficient (Wildman–Crippen LogP) is 3.10. The van der Waals surface area contributed by atoms with E-state index in [9.17, 15) is 9.59 Å². The molecule has 1 aliphatic heterocycles. The SMILES string of the molecule is COC(=O)C(CC1c2ccccc2CN1Cc1ccccc1)C(=O)OC. The van der Waals surface area contributed by atoms with Crippen molar-refractivity contribution in [3.8, 4) is 0 Å². The second-order valence-corrected chi connectivity index (χ2v) is 6.44. The van der Waals surface area contributed by atoms with Crippen molar-refractivity contribution in [2.45, 2.75) is 25.6 Å². The standard InChI is InChI=1S/C21H23NO4/c1-25-20(23)18(21(24)26-2)12-19-17-11-7-6-10-16(17)14-22(19)13-15-8-4-3-5-9-15/h3-11,18-19H,12-14H2,1-2H3. The largest absolute Gasteiger partial charge is 0.468 e. The van der Waals surface area contributed by atoms with Crippen LogP contribution in [0, 0.1) is 5.92 Å². The van der Waals surface area contributed by atoms with Crippen LogP contribution in [0.1, 0.15) is 29.2 Å². The van der Waals surface area contributed by atoms with E-state index in [0.29, 0.717) is 6.42 Å². The van der Waals surface area contributed by atoms with Crippen LogP contribution in [0.5, 0.6) is 0 Å². The van der Waals surface area contributed by atoms with Gasteiger partial charge in [-0.3, -0.25) is 14.5 Å². The first kappa shape index (κ1) is 18.1. The first-order valence-electron chi connectivity index (χ1n) is 8.65. The van der Waals surface area contributed by atoms with Crippen molar-refractivity contribution in [3.63, 3.8) is 0 Å². The lowest BCUT2D eigenvalue weighted by molar-refractivity contribution is -0.159. The maximum absolute atomic E-state index is 12.1. The van der Waals surface area contributed by atoms with Crippen LogP contribution in [0.25, 0.3) is 0 Å². The molecule has 0 N–H and O–H groups in total. The molecular formula is C21H23NO4. The maximum atomic E-state index is 12.1. The Kier molecular flexibility index (Phi) is 5.68. The number of fused-ring (bicyclic) bond motifs is 1. The van der Waals surface area contributed by atoms with Crippen LogP contribution in [0.4, 0.5) is 0 Å². The Morgan fingerprint density at radius 3 is 2.27 bits per heavy atom. The summed E-state index contributed by atoms with van der Waals surface area (Å²) >= 11 is 0. The molecule has 0 aromatic heterocycles. The minimum atomic E-state index is -0.931. The number of nitrogens with zero attached hydrogens (tertiary/aromatic N) is 1. The topological polar surface area (TPSA) is 55.8 Å². The molecule has 0 saturated carbocycles. The van der Waals surface area contributed by atoms with Gasteiger partial charge in [-0.2, -0.15) is 0 Å². The molecule has 136 valence electrons. The summed E-state index contributed by atoms with van der Waals surface area (Å²) in [6.07, 6.45) is 0.337. The van der Waals surface area contributed by atoms with Crippen LogP contribution in [0.2, 0.25) is 0 Å². The first-order valence-corrected chi connectivity index (χ1v) is 8.65. The van der Waals surface area contributed by atoms with Gasteiger partial charge in [0.2, 0.25) is 0 Å². The smallest absolute Gasteiger partial charge is 0.320 e. The van der Waals surface area contributed by atoms with Gasteiger partial charge in [-0.1, -0.05) is 54.6 Å². The Morgan fingerprint density at radius 1 is 1.00 bits per heavy atom. The Hall–Kier alpha value is -2.66. The number of carbonyl (C=O) groups excluding carboxylic acids is 2. The van der Waals surface area contributed by atoms with Gasteiger partial charge in [0.25, 0.3) is 0 Å². The van der Waals surface area contributed by atoms with Crippen LogP contribution in [0.15, 0.2) is 54.6 Å². The first-order chi connectivity index (χ1) is 12.6. The highest BCUT2D eigenvalue weighted by molar-refractivity contribution is 5.94. The van der Waals surface area contributed by atoms with Gasteiger partial charge in [0.15, 0.2) is 5.92 Å². The summed E-state index contributed by atoms with van der Waals surface area (Å²) in [5.41, 5.74) is 3.57. The average molecular weight is 353 g/mol. The van der Waals surface area contributed by atoms with Gasteiger partial charge in [0, 0.05) is 19.1 Å². The van der Waals surface area contributed by atoms with Crippen molar-refractivity contribution < 1.29 is 19.1 Å². The van der Waals surface area contributed by atoms with Gasteiger partial charge in [0.1, 0.15) is 0 Å². The zero-order valence-corrected chi connectivity index (χ0v) is 15.1. The molecule has 0 fully saturated rings. The molecule has 0 bridgehead atoms. The van der Waals surface area contributed by atoms with E-state index in [-0.39, 0.29) is 6.04 Å². The molecular weight excluding hydrogens is 330 g/mol. The number of ether oxygens (including phenoxy) is 2. The summed E-state index contributed by atoms with van der Waals surface area (Å²) < 4.78 is 9.66. The maximum Gasteiger partial charge on any atom is 0.320 e. The minimum Gasteiger partial charge on any atom is -0.468 e. The number of hydrogen-bond donors (Lipinski definition) is 0. The average Bonchev–Trinajstić information content (AvgIpc) is 3.02. The highest BCUT2D eigenvalue weighted by Crippen LogP contribution is 2.39. The number of benzene rings is 2. The predicted molar refractivity (Wildman–Crippen MR) is 97.0 cm³/mol. The molecule has 0 saturated heterocycles. The van der Waals surface area contributed by atoms with Gasteiger partial charge >= 0.3 is 11.9 Å². The van der Waals surface area contributed by atoms with Gasteiger partial charge in [0.05, 0.1) is 14.2 Å². The molecule has 1 unspecified atom stereocenters. The van der Waals surface area contributed by atoms with Crippen molar-refractivity contribution in [1.82, 2.24) is 4.90 Å². The lowest BCUT2D eigenvalue weighted by atomic mass is 9.94. The van der Waals surface area contributed by atoms with Gasteiger partial charge in [-0.25, -0.2) is 0 Å². The van der Waals surface area contributed by atoms with Crippen LogP contribution < -0.4 is 0 Å². The lowest BCUT2D eigenvalue weighted by Gasteiger charge is -2.27. The molecule has 26 heavy (non-hydrogen) atoms. The third-order valence-corrected chi connectivity index (χ3v) is 4.89. The molecule has 2 aromatic carbocycles. The number of esters is 2. The second kappa shape index (κ2) is 8.15. The van der Waals surface area contributed by atoms with Crippen molar-refractivity contribution in [3.05, 3.63) is 71.3 Å². The molecule has 5 nitrogen and oxygen atoms in total. The fraction of sp³-hybridized carbons (Fsp3) is 0.333. The zero-order valence-electron chi connectivity index (χ0n) is 15.1. The van der Waals surface area contributed by atoms with E-state index in [2.05, 4.69) is 29.2 Å². The van der Waals surface area contributed by atoms with E-state index in [1.165, 1.54) is 25.3 Å². The highest BCUT2D eigenvalue weighted by Gasteiger charge is 2.38. The molecule has 5 heteroatoms. The molecule has 0 aliphatic carbocycles. The Labute approximate surface area is 153 Å². The van der Waals surface area contributed by atoms with Gasteiger partial charge < -0.3 is 9.47 Å². The second-order valence-electron chi connectivity index (χ2n) is 6.44. The zero-order chi connectivity index (χ0) is 18.5. The molecule has 1 atom stereocenters. The third kappa shape index (κ3) is 3.78. The van der Waals surface area contributed by atoms with Crippen molar-refractivity contribution in [1.29, 1.82) is 0 Å². The summed E-state index contributed by atoms with van der Waals surface area (Å²) in [5, 5.41) is 0. The summed E-state index contributed by atoms with van der Waals surface area (Å²) in [4.78, 5) is 26.6. The normalized spacial score (nSPS) is 16.3. The van der Waals surface area contributed by atoms with E-state index < -0.39 is 17.9 Å². The van der Waals surface area contributed by atoms with Crippen LogP contribution in [-0.4, -0.2) is 31.1 Å². The van der Waals surface area contributed by atoms with E-state index in [0.717, 1.165) is 18.7 Å². The number of carbonyl (C=O) groups is 2. The fourth-order valence-electron chi connectivity index (χ4n) is 3.59. The molecule has 2 aromatic rings. The lowest BCUT2D eigenvalue weighted by Crippen LogP contribution is -2.32. The van der Waals surface area contributed by atoms with Gasteiger partial charge in [-0.15, -0.1) is 0 Å². The molecule has 1 aliphatic rings. The Bertz CT molecular complexity index is 759. The Morgan fingerprint density at radius 2 is 1.62 bits per heavy atom. The number of methoxy groups -OCH3 is 2. The fourth-order valence-corrected chi connectivity index (χ4v) is 3.59. The van der Waals surface area contributed by atoms with Crippen molar-refractivity contribution in [2.24, 2.45) is 5.92 Å². The summed E-state index contributed by atoms with van der Waals surface area (Å²) in [7, 11) is 2.59. The van der Waals surface area contributed by atoms with Crippen molar-refractivity contribution in [2.75, 3.05) is 14.2 Å². The quantitative estimate of drug-likeness (QED) is 0.590. The summed E-state index contributed by atoms with van der Waals surface area (Å²) in [6.45, 7) is 1.53. The van der Waals surface area contributed by atoms with Crippen LogP contribution in [0.3, 0.4) is 0 Å². The monoisotopic (exact) mass is 353 g/mol. The minimum absolute atomic E-state index is 0.0467. The van der Waals surface area contributed by atoms with E-state index in [1.807, 2.05) is 30.3 Å². The van der Waals surface area contributed by atoms with Gasteiger partial charge in [-0.05, 0) is 23.1 Å². The molecule has 0 spiro atoms. The third-order valence-electron chi connectivity index (χ3n) is 4.89. The van der Waals surface area contributed by atoms with Crippen LogP contribution >= 0.6 is 0 Å². The molecule has 0 radical (unpaired) electrons. The van der Waals surface area contributed by atoms with Crippen LogP contribution in [-0.2, 0) is 32.2 Å². The number of hydrogen-bond acceptors (Lipinski definition) is 5. The molecule has 0 amide bonds.